The fourth-order valence-electron chi connectivity index (χ4n) is 2.69. The molecule has 2 aromatic carbocycles. The summed E-state index contributed by atoms with van der Waals surface area (Å²) in [5.41, 5.74) is 2.62. The van der Waals surface area contributed by atoms with Crippen molar-refractivity contribution in [3.8, 4) is 11.1 Å². The smallest absolute Gasteiger partial charge is 0.185 e. The highest BCUT2D eigenvalue weighted by atomic mass is 35.5. The Kier molecular flexibility index (Phi) is 5.11. The topological polar surface area (TPSA) is 67.3 Å². The third kappa shape index (κ3) is 3.79. The first-order valence-electron chi connectivity index (χ1n) is 7.78. The summed E-state index contributed by atoms with van der Waals surface area (Å²) in [6.07, 6.45) is 1.43. The number of pyridine rings is 1. The largest absolute Gasteiger partial charge is 0.508 e. The molecule has 0 radical (unpaired) electrons. The van der Waals surface area contributed by atoms with Crippen LogP contribution in [0.1, 0.15) is 11.1 Å². The van der Waals surface area contributed by atoms with Crippen LogP contribution in [0.25, 0.3) is 16.9 Å². The molecule has 6 heteroatoms. The molecule has 0 aliphatic rings. The summed E-state index contributed by atoms with van der Waals surface area (Å²) in [6.45, 7) is 3.53. The summed E-state index contributed by atoms with van der Waals surface area (Å²) < 4.78 is 25.6. The molecule has 1 N–H and O–H groups in total. The van der Waals surface area contributed by atoms with Crippen molar-refractivity contribution in [2.24, 2.45) is 0 Å². The van der Waals surface area contributed by atoms with Gasteiger partial charge in [0.05, 0.1) is 5.75 Å². The highest BCUT2D eigenvalue weighted by Gasteiger charge is 2.22. The molecule has 0 unspecified atom stereocenters. The second kappa shape index (κ2) is 7.32. The van der Waals surface area contributed by atoms with Gasteiger partial charge in [-0.15, -0.1) is 0 Å². The number of aliphatic hydroxyl groups is 1. The van der Waals surface area contributed by atoms with E-state index in [0.717, 1.165) is 11.1 Å². The van der Waals surface area contributed by atoms with E-state index in [1.54, 1.807) is 12.1 Å². The molecule has 0 aliphatic carbocycles. The number of sulfone groups is 1. The Morgan fingerprint density at radius 1 is 1.04 bits per heavy atom. The number of aliphatic hydroxyl groups excluding tert-OH is 1. The number of nitrogens with zero attached hydrogens (tertiary/aromatic N) is 1. The van der Waals surface area contributed by atoms with Crippen LogP contribution in [0.5, 0.6) is 0 Å². The lowest BCUT2D eigenvalue weighted by atomic mass is 9.99. The lowest BCUT2D eigenvalue weighted by Gasteiger charge is -2.12. The Hall–Kier alpha value is -2.63. The maximum absolute atomic E-state index is 12.8. The summed E-state index contributed by atoms with van der Waals surface area (Å²) in [5, 5.41) is 9.79. The molecular formula is C20H16ClNO3S. The van der Waals surface area contributed by atoms with E-state index in [1.807, 2.05) is 36.4 Å². The van der Waals surface area contributed by atoms with Crippen LogP contribution in [-0.2, 0) is 15.6 Å². The van der Waals surface area contributed by atoms with Crippen molar-refractivity contribution in [3.63, 3.8) is 0 Å². The number of aromatic nitrogens is 1. The Labute approximate surface area is 157 Å². The van der Waals surface area contributed by atoms with Crippen molar-refractivity contribution >= 4 is 27.2 Å². The monoisotopic (exact) mass is 385 g/mol. The minimum atomic E-state index is -3.75. The SMILES string of the molecule is C=C(O)c1ccc(-c2ccccc2)cc1CS(=O)(=O)c1cccnc1Cl. The van der Waals surface area contributed by atoms with Gasteiger partial charge in [-0.2, -0.15) is 0 Å². The third-order valence-electron chi connectivity index (χ3n) is 3.93. The predicted octanol–water partition coefficient (Wildman–Crippen LogP) is 4.90. The summed E-state index contributed by atoms with van der Waals surface area (Å²) in [6, 6.07) is 17.7. The predicted molar refractivity (Wildman–Crippen MR) is 104 cm³/mol. The number of halogens is 1. The van der Waals surface area contributed by atoms with Gasteiger partial charge in [0, 0.05) is 11.8 Å². The van der Waals surface area contributed by atoms with Crippen LogP contribution in [0.3, 0.4) is 0 Å². The minimum absolute atomic E-state index is 0.0405. The van der Waals surface area contributed by atoms with E-state index in [2.05, 4.69) is 11.6 Å². The van der Waals surface area contributed by atoms with E-state index in [-0.39, 0.29) is 21.6 Å². The normalized spacial score (nSPS) is 11.3. The number of benzene rings is 2. The molecule has 0 atom stereocenters. The average molecular weight is 386 g/mol. The fraction of sp³-hybridized carbons (Fsp3) is 0.0500. The highest BCUT2D eigenvalue weighted by molar-refractivity contribution is 7.90. The van der Waals surface area contributed by atoms with Crippen molar-refractivity contribution in [3.05, 3.63) is 89.7 Å². The fourth-order valence-corrected chi connectivity index (χ4v) is 4.56. The van der Waals surface area contributed by atoms with Gasteiger partial charge < -0.3 is 5.11 Å². The zero-order valence-corrected chi connectivity index (χ0v) is 15.3. The van der Waals surface area contributed by atoms with Crippen LogP contribution in [-0.4, -0.2) is 18.5 Å². The van der Waals surface area contributed by atoms with Gasteiger partial charge in [0.1, 0.15) is 15.8 Å². The molecule has 0 aliphatic heterocycles. The van der Waals surface area contributed by atoms with E-state index in [0.29, 0.717) is 11.1 Å². The van der Waals surface area contributed by atoms with Crippen LogP contribution < -0.4 is 0 Å². The Bertz CT molecular complexity index is 1060. The molecule has 3 rings (SSSR count). The Morgan fingerprint density at radius 2 is 1.77 bits per heavy atom. The van der Waals surface area contributed by atoms with Crippen molar-refractivity contribution in [1.29, 1.82) is 0 Å². The summed E-state index contributed by atoms with van der Waals surface area (Å²) in [7, 11) is -3.75. The lowest BCUT2D eigenvalue weighted by Crippen LogP contribution is -2.08. The second-order valence-electron chi connectivity index (χ2n) is 5.74. The quantitative estimate of drug-likeness (QED) is 0.500. The van der Waals surface area contributed by atoms with Crippen LogP contribution in [0, 0.1) is 0 Å². The molecular weight excluding hydrogens is 370 g/mol. The molecule has 1 aromatic heterocycles. The zero-order valence-electron chi connectivity index (χ0n) is 13.8. The molecule has 1 heterocycles. The van der Waals surface area contributed by atoms with Gasteiger partial charge in [-0.3, -0.25) is 0 Å². The molecule has 0 spiro atoms. The van der Waals surface area contributed by atoms with Crippen molar-refractivity contribution < 1.29 is 13.5 Å². The third-order valence-corrected chi connectivity index (χ3v) is 6.03. The first-order valence-corrected chi connectivity index (χ1v) is 9.81. The molecule has 3 aromatic rings. The van der Waals surface area contributed by atoms with E-state index in [1.165, 1.54) is 18.3 Å². The summed E-state index contributed by atoms with van der Waals surface area (Å²) in [5.74, 6) is -0.513. The molecule has 4 nitrogen and oxygen atoms in total. The molecule has 0 bridgehead atoms. The van der Waals surface area contributed by atoms with E-state index < -0.39 is 9.84 Å². The molecule has 0 fully saturated rings. The average Bonchev–Trinajstić information content (AvgIpc) is 2.62. The lowest BCUT2D eigenvalue weighted by molar-refractivity contribution is 0.513. The van der Waals surface area contributed by atoms with Gasteiger partial charge in [0.2, 0.25) is 0 Å². The molecule has 132 valence electrons. The van der Waals surface area contributed by atoms with Gasteiger partial charge in [-0.25, -0.2) is 13.4 Å². The van der Waals surface area contributed by atoms with Crippen molar-refractivity contribution in [2.75, 3.05) is 0 Å². The number of hydrogen-bond donors (Lipinski definition) is 1. The standard InChI is InChI=1S/C20H16ClNO3S/c1-14(23)18-10-9-16(15-6-3-2-4-7-15)12-17(18)13-26(24,25)19-8-5-11-22-20(19)21/h2-12,23H,1,13H2. The van der Waals surface area contributed by atoms with Gasteiger partial charge in [0.15, 0.2) is 9.84 Å². The first-order chi connectivity index (χ1) is 12.4. The Morgan fingerprint density at radius 3 is 2.42 bits per heavy atom. The van der Waals surface area contributed by atoms with Crippen molar-refractivity contribution in [1.82, 2.24) is 4.98 Å². The molecule has 0 amide bonds. The van der Waals surface area contributed by atoms with Crippen LogP contribution in [0.2, 0.25) is 5.15 Å². The van der Waals surface area contributed by atoms with E-state index in [4.69, 9.17) is 11.6 Å². The maximum atomic E-state index is 12.8. The van der Waals surface area contributed by atoms with Gasteiger partial charge in [-0.05, 0) is 34.9 Å². The van der Waals surface area contributed by atoms with E-state index in [9.17, 15) is 13.5 Å². The van der Waals surface area contributed by atoms with Crippen LogP contribution in [0.4, 0.5) is 0 Å². The Balaban J connectivity index is 2.08. The zero-order chi connectivity index (χ0) is 18.7. The van der Waals surface area contributed by atoms with E-state index >= 15 is 0 Å². The first kappa shape index (κ1) is 18.2. The molecule has 0 saturated heterocycles. The highest BCUT2D eigenvalue weighted by Crippen LogP contribution is 2.29. The molecule has 26 heavy (non-hydrogen) atoms. The van der Waals surface area contributed by atoms with Gasteiger partial charge in [-0.1, -0.05) is 60.6 Å². The van der Waals surface area contributed by atoms with Crippen LogP contribution >= 0.6 is 11.6 Å². The second-order valence-corrected chi connectivity index (χ2v) is 8.05. The number of hydrogen-bond acceptors (Lipinski definition) is 4. The molecule has 0 saturated carbocycles. The van der Waals surface area contributed by atoms with Gasteiger partial charge in [0.25, 0.3) is 0 Å². The van der Waals surface area contributed by atoms with Crippen molar-refractivity contribution in [2.45, 2.75) is 10.6 Å². The minimum Gasteiger partial charge on any atom is -0.508 e. The summed E-state index contributed by atoms with van der Waals surface area (Å²) >= 11 is 5.95. The number of rotatable bonds is 5. The van der Waals surface area contributed by atoms with Gasteiger partial charge >= 0.3 is 0 Å². The van der Waals surface area contributed by atoms with Crippen LogP contribution in [0.15, 0.2) is 78.3 Å². The maximum Gasteiger partial charge on any atom is 0.185 e. The summed E-state index contributed by atoms with van der Waals surface area (Å²) in [4.78, 5) is 3.79.